The third-order valence-corrected chi connectivity index (χ3v) is 3.49. The van der Waals surface area contributed by atoms with E-state index in [-0.39, 0.29) is 11.8 Å². The molecule has 0 aliphatic carbocycles. The number of piperazine rings is 1. The summed E-state index contributed by atoms with van der Waals surface area (Å²) in [7, 11) is 1.84. The van der Waals surface area contributed by atoms with Crippen molar-refractivity contribution >= 4 is 17.6 Å². The van der Waals surface area contributed by atoms with Crippen LogP contribution in [0.2, 0.25) is 0 Å². The Balaban J connectivity index is 1.67. The molecule has 1 aliphatic heterocycles. The fourth-order valence-electron chi connectivity index (χ4n) is 2.25. The maximum Gasteiger partial charge on any atom is 0.236 e. The third-order valence-electron chi connectivity index (χ3n) is 3.49. The van der Waals surface area contributed by atoms with Gasteiger partial charge in [-0.3, -0.25) is 14.5 Å². The minimum absolute atomic E-state index is 0.108. The van der Waals surface area contributed by atoms with Crippen molar-refractivity contribution in [1.82, 2.24) is 20.3 Å². The maximum atomic E-state index is 12.1. The van der Waals surface area contributed by atoms with Crippen LogP contribution in [0.4, 0.5) is 5.82 Å². The lowest BCUT2D eigenvalue weighted by Crippen LogP contribution is -2.49. The molecular weight excluding hydrogens is 286 g/mol. The number of amides is 2. The van der Waals surface area contributed by atoms with Gasteiger partial charge in [0.15, 0.2) is 5.82 Å². The molecule has 0 spiro atoms. The standard InChI is InChI=1S/C14H23N5O3/c1-11-9-12(17-22-11)16-13(20)3-6-18(2)10-14(21)19-7-4-15-5-8-19/h9,15H,3-8,10H2,1-2H3,(H,16,17,20). The van der Waals surface area contributed by atoms with Crippen molar-refractivity contribution in [3.8, 4) is 0 Å². The lowest BCUT2D eigenvalue weighted by Gasteiger charge is -2.29. The van der Waals surface area contributed by atoms with E-state index in [1.165, 1.54) is 0 Å². The zero-order chi connectivity index (χ0) is 15.9. The van der Waals surface area contributed by atoms with Crippen LogP contribution in [0.5, 0.6) is 0 Å². The van der Waals surface area contributed by atoms with Gasteiger partial charge in [-0.25, -0.2) is 0 Å². The molecule has 2 rings (SSSR count). The summed E-state index contributed by atoms with van der Waals surface area (Å²) in [5.41, 5.74) is 0. The highest BCUT2D eigenvalue weighted by atomic mass is 16.5. The molecule has 1 fully saturated rings. The van der Waals surface area contributed by atoms with Crippen LogP contribution in [0.3, 0.4) is 0 Å². The van der Waals surface area contributed by atoms with Crippen LogP contribution >= 0.6 is 0 Å². The number of aryl methyl sites for hydroxylation is 1. The predicted molar refractivity (Wildman–Crippen MR) is 81.4 cm³/mol. The zero-order valence-electron chi connectivity index (χ0n) is 13.1. The molecule has 0 radical (unpaired) electrons. The molecule has 0 saturated carbocycles. The second-order valence-corrected chi connectivity index (χ2v) is 5.49. The molecule has 1 aromatic rings. The smallest absolute Gasteiger partial charge is 0.236 e. The second-order valence-electron chi connectivity index (χ2n) is 5.49. The van der Waals surface area contributed by atoms with E-state index in [1.807, 2.05) is 16.8 Å². The normalized spacial score (nSPS) is 15.1. The van der Waals surface area contributed by atoms with Crippen LogP contribution in [0, 0.1) is 6.92 Å². The molecule has 2 heterocycles. The Bertz CT molecular complexity index is 510. The summed E-state index contributed by atoms with van der Waals surface area (Å²) in [6.07, 6.45) is 0.303. The summed E-state index contributed by atoms with van der Waals surface area (Å²) < 4.78 is 4.88. The number of aromatic nitrogens is 1. The van der Waals surface area contributed by atoms with E-state index in [1.54, 1.807) is 13.0 Å². The van der Waals surface area contributed by atoms with Crippen molar-refractivity contribution in [2.75, 3.05) is 51.6 Å². The SMILES string of the molecule is Cc1cc(NC(=O)CCN(C)CC(=O)N2CCNCC2)no1. The van der Waals surface area contributed by atoms with E-state index >= 15 is 0 Å². The number of anilines is 1. The fourth-order valence-corrected chi connectivity index (χ4v) is 2.25. The van der Waals surface area contributed by atoms with Gasteiger partial charge >= 0.3 is 0 Å². The highest BCUT2D eigenvalue weighted by Crippen LogP contribution is 2.07. The lowest BCUT2D eigenvalue weighted by atomic mass is 10.3. The van der Waals surface area contributed by atoms with Gasteiger partial charge in [0.05, 0.1) is 6.54 Å². The van der Waals surface area contributed by atoms with E-state index in [0.29, 0.717) is 31.1 Å². The molecule has 2 amide bonds. The predicted octanol–water partition coefficient (Wildman–Crippen LogP) is -0.325. The Morgan fingerprint density at radius 2 is 2.18 bits per heavy atom. The summed E-state index contributed by atoms with van der Waals surface area (Å²) in [6, 6.07) is 1.66. The number of carbonyl (C=O) groups is 2. The quantitative estimate of drug-likeness (QED) is 0.748. The lowest BCUT2D eigenvalue weighted by molar-refractivity contribution is -0.133. The number of nitrogens with one attached hydrogen (secondary N) is 2. The summed E-state index contributed by atoms with van der Waals surface area (Å²) in [4.78, 5) is 27.6. The first-order valence-electron chi connectivity index (χ1n) is 7.45. The van der Waals surface area contributed by atoms with Crippen LogP contribution in [-0.4, -0.2) is 73.1 Å². The van der Waals surface area contributed by atoms with Crippen LogP contribution in [0.1, 0.15) is 12.2 Å². The molecule has 1 aromatic heterocycles. The van der Waals surface area contributed by atoms with Gasteiger partial charge in [-0.2, -0.15) is 0 Å². The highest BCUT2D eigenvalue weighted by molar-refractivity contribution is 5.89. The van der Waals surface area contributed by atoms with Crippen molar-refractivity contribution in [3.05, 3.63) is 11.8 Å². The van der Waals surface area contributed by atoms with E-state index in [2.05, 4.69) is 15.8 Å². The maximum absolute atomic E-state index is 12.1. The molecule has 22 heavy (non-hydrogen) atoms. The summed E-state index contributed by atoms with van der Waals surface area (Å²) in [5, 5.41) is 9.58. The Labute approximate surface area is 129 Å². The van der Waals surface area contributed by atoms with Gasteiger partial charge in [0, 0.05) is 45.2 Å². The minimum Gasteiger partial charge on any atom is -0.360 e. The summed E-state index contributed by atoms with van der Waals surface area (Å²) >= 11 is 0. The van der Waals surface area contributed by atoms with Gasteiger partial charge in [-0.05, 0) is 14.0 Å². The monoisotopic (exact) mass is 309 g/mol. The Kier molecular flexibility index (Phi) is 5.91. The molecule has 0 unspecified atom stereocenters. The minimum atomic E-state index is -0.144. The molecular formula is C14H23N5O3. The van der Waals surface area contributed by atoms with Gasteiger partial charge in [0.1, 0.15) is 5.76 Å². The number of hydrogen-bond donors (Lipinski definition) is 2. The number of nitrogens with zero attached hydrogens (tertiary/aromatic N) is 3. The largest absolute Gasteiger partial charge is 0.360 e. The summed E-state index contributed by atoms with van der Waals surface area (Å²) in [5.74, 6) is 1.03. The Hall–Kier alpha value is -1.93. The van der Waals surface area contributed by atoms with Crippen molar-refractivity contribution in [1.29, 1.82) is 0 Å². The summed E-state index contributed by atoms with van der Waals surface area (Å²) in [6.45, 7) is 5.79. The fraction of sp³-hybridized carbons (Fsp3) is 0.643. The van der Waals surface area contributed by atoms with Gasteiger partial charge in [0.25, 0.3) is 0 Å². The molecule has 1 saturated heterocycles. The second kappa shape index (κ2) is 7.90. The Morgan fingerprint density at radius 1 is 1.45 bits per heavy atom. The zero-order valence-corrected chi connectivity index (χ0v) is 13.1. The number of likely N-dealkylation sites (N-methyl/N-ethyl adjacent to an activating group) is 1. The van der Waals surface area contributed by atoms with E-state index < -0.39 is 0 Å². The van der Waals surface area contributed by atoms with Crippen LogP contribution in [0.15, 0.2) is 10.6 Å². The first kappa shape index (κ1) is 16.4. The van der Waals surface area contributed by atoms with Gasteiger partial charge < -0.3 is 20.1 Å². The van der Waals surface area contributed by atoms with Crippen molar-refractivity contribution in [2.45, 2.75) is 13.3 Å². The number of hydrogen-bond acceptors (Lipinski definition) is 6. The average molecular weight is 309 g/mol. The molecule has 1 aliphatic rings. The van der Waals surface area contributed by atoms with Gasteiger partial charge in [0.2, 0.25) is 11.8 Å². The number of carbonyl (C=O) groups excluding carboxylic acids is 2. The van der Waals surface area contributed by atoms with E-state index in [9.17, 15) is 9.59 Å². The van der Waals surface area contributed by atoms with E-state index in [0.717, 1.165) is 26.2 Å². The molecule has 8 heteroatoms. The first-order chi connectivity index (χ1) is 10.5. The van der Waals surface area contributed by atoms with Crippen molar-refractivity contribution in [3.63, 3.8) is 0 Å². The van der Waals surface area contributed by atoms with Crippen LogP contribution in [-0.2, 0) is 9.59 Å². The molecule has 8 nitrogen and oxygen atoms in total. The van der Waals surface area contributed by atoms with E-state index in [4.69, 9.17) is 4.52 Å². The number of rotatable bonds is 6. The van der Waals surface area contributed by atoms with Crippen LogP contribution < -0.4 is 10.6 Å². The molecule has 0 bridgehead atoms. The van der Waals surface area contributed by atoms with Crippen LogP contribution in [0.25, 0.3) is 0 Å². The van der Waals surface area contributed by atoms with Gasteiger partial charge in [-0.15, -0.1) is 0 Å². The van der Waals surface area contributed by atoms with Crippen molar-refractivity contribution in [2.24, 2.45) is 0 Å². The topological polar surface area (TPSA) is 90.7 Å². The Morgan fingerprint density at radius 3 is 2.82 bits per heavy atom. The molecule has 122 valence electrons. The third kappa shape index (κ3) is 5.12. The average Bonchev–Trinajstić information content (AvgIpc) is 2.91. The van der Waals surface area contributed by atoms with Crippen molar-refractivity contribution < 1.29 is 14.1 Å². The highest BCUT2D eigenvalue weighted by Gasteiger charge is 2.18. The molecule has 0 aromatic carbocycles. The van der Waals surface area contributed by atoms with Gasteiger partial charge in [-0.1, -0.05) is 5.16 Å². The molecule has 0 atom stereocenters. The first-order valence-corrected chi connectivity index (χ1v) is 7.45. The molecule has 2 N–H and O–H groups in total.